The minimum atomic E-state index is -0.409. The monoisotopic (exact) mass is 319 g/mol. The minimum absolute atomic E-state index is 0.155. The molecule has 2 aliphatic heterocycles. The molecule has 1 aromatic rings. The van der Waals surface area contributed by atoms with E-state index in [0.717, 1.165) is 19.4 Å². The van der Waals surface area contributed by atoms with Gasteiger partial charge in [-0.1, -0.05) is 6.07 Å². The Labute approximate surface area is 135 Å². The van der Waals surface area contributed by atoms with Crippen LogP contribution in [0.3, 0.4) is 0 Å². The third-order valence-electron chi connectivity index (χ3n) is 4.57. The van der Waals surface area contributed by atoms with Crippen LogP contribution in [0.25, 0.3) is 0 Å². The molecule has 0 radical (unpaired) electrons. The standard InChI is InChI=1S/C17H22FN3O2/c18-14-4-1-3-13(11-14)17(23)21-9-7-20(8-10-21)16(22)12-15-5-2-6-19-15/h1,3-4,11,15,19H,2,5-10,12H2. The van der Waals surface area contributed by atoms with Crippen LogP contribution in [-0.4, -0.2) is 60.4 Å². The molecule has 0 spiro atoms. The lowest BCUT2D eigenvalue weighted by Gasteiger charge is -2.35. The lowest BCUT2D eigenvalue weighted by molar-refractivity contribution is -0.133. The average molecular weight is 319 g/mol. The molecule has 5 nitrogen and oxygen atoms in total. The van der Waals surface area contributed by atoms with Gasteiger partial charge in [0.25, 0.3) is 5.91 Å². The van der Waals surface area contributed by atoms with Crippen LogP contribution in [0, 0.1) is 5.82 Å². The van der Waals surface area contributed by atoms with Crippen LogP contribution in [0.2, 0.25) is 0 Å². The van der Waals surface area contributed by atoms with Gasteiger partial charge in [-0.25, -0.2) is 4.39 Å². The number of piperazine rings is 1. The van der Waals surface area contributed by atoms with E-state index in [2.05, 4.69) is 5.32 Å². The quantitative estimate of drug-likeness (QED) is 0.912. The first-order valence-electron chi connectivity index (χ1n) is 8.19. The normalized spacial score (nSPS) is 21.5. The van der Waals surface area contributed by atoms with E-state index in [0.29, 0.717) is 44.2 Å². The van der Waals surface area contributed by atoms with Crippen LogP contribution < -0.4 is 5.32 Å². The summed E-state index contributed by atoms with van der Waals surface area (Å²) in [5, 5.41) is 3.33. The third-order valence-corrected chi connectivity index (χ3v) is 4.57. The molecule has 1 atom stereocenters. The molecule has 2 heterocycles. The van der Waals surface area contributed by atoms with Crippen molar-refractivity contribution in [1.29, 1.82) is 0 Å². The van der Waals surface area contributed by atoms with Crippen molar-refractivity contribution in [2.24, 2.45) is 0 Å². The zero-order valence-corrected chi connectivity index (χ0v) is 13.1. The number of carbonyl (C=O) groups excluding carboxylic acids is 2. The summed E-state index contributed by atoms with van der Waals surface area (Å²) in [4.78, 5) is 28.1. The molecule has 3 rings (SSSR count). The summed E-state index contributed by atoms with van der Waals surface area (Å²) >= 11 is 0. The lowest BCUT2D eigenvalue weighted by atomic mass is 10.1. The Hall–Kier alpha value is -1.95. The van der Waals surface area contributed by atoms with Gasteiger partial charge in [-0.15, -0.1) is 0 Å². The van der Waals surface area contributed by atoms with Crippen molar-refractivity contribution in [3.05, 3.63) is 35.6 Å². The number of amides is 2. The number of nitrogens with zero attached hydrogens (tertiary/aromatic N) is 2. The number of hydrogen-bond donors (Lipinski definition) is 1. The Morgan fingerprint density at radius 3 is 2.57 bits per heavy atom. The Morgan fingerprint density at radius 2 is 1.91 bits per heavy atom. The smallest absolute Gasteiger partial charge is 0.254 e. The van der Waals surface area contributed by atoms with Crippen molar-refractivity contribution in [1.82, 2.24) is 15.1 Å². The molecule has 2 amide bonds. The van der Waals surface area contributed by atoms with Crippen molar-refractivity contribution >= 4 is 11.8 Å². The number of benzene rings is 1. The lowest BCUT2D eigenvalue weighted by Crippen LogP contribution is -2.51. The minimum Gasteiger partial charge on any atom is -0.339 e. The van der Waals surface area contributed by atoms with E-state index in [-0.39, 0.29) is 11.8 Å². The molecule has 0 aliphatic carbocycles. The topological polar surface area (TPSA) is 52.7 Å². The van der Waals surface area contributed by atoms with E-state index in [1.807, 2.05) is 4.90 Å². The van der Waals surface area contributed by atoms with E-state index in [1.165, 1.54) is 18.2 Å². The molecular weight excluding hydrogens is 297 g/mol. The summed E-state index contributed by atoms with van der Waals surface area (Å²) < 4.78 is 13.2. The summed E-state index contributed by atoms with van der Waals surface area (Å²) in [6.45, 7) is 3.09. The van der Waals surface area contributed by atoms with Gasteiger partial charge in [0.1, 0.15) is 5.82 Å². The highest BCUT2D eigenvalue weighted by Crippen LogP contribution is 2.14. The second-order valence-electron chi connectivity index (χ2n) is 6.18. The van der Waals surface area contributed by atoms with Crippen LogP contribution >= 0.6 is 0 Å². The Morgan fingerprint density at radius 1 is 1.17 bits per heavy atom. The van der Waals surface area contributed by atoms with E-state index >= 15 is 0 Å². The second-order valence-corrected chi connectivity index (χ2v) is 6.18. The first-order valence-corrected chi connectivity index (χ1v) is 8.19. The molecule has 23 heavy (non-hydrogen) atoms. The first-order chi connectivity index (χ1) is 11.1. The molecule has 2 saturated heterocycles. The highest BCUT2D eigenvalue weighted by molar-refractivity contribution is 5.94. The SMILES string of the molecule is O=C(CC1CCCN1)N1CCN(C(=O)c2cccc(F)c2)CC1. The molecule has 0 bridgehead atoms. The van der Waals surface area contributed by atoms with E-state index < -0.39 is 5.82 Å². The molecule has 124 valence electrons. The molecule has 1 aromatic carbocycles. The fraction of sp³-hybridized carbons (Fsp3) is 0.529. The highest BCUT2D eigenvalue weighted by atomic mass is 19.1. The Bertz CT molecular complexity index is 579. The fourth-order valence-electron chi connectivity index (χ4n) is 3.23. The van der Waals surface area contributed by atoms with Gasteiger partial charge in [0.2, 0.25) is 5.91 Å². The van der Waals surface area contributed by atoms with Gasteiger partial charge >= 0.3 is 0 Å². The molecule has 1 unspecified atom stereocenters. The first kappa shape index (κ1) is 15.9. The maximum absolute atomic E-state index is 13.2. The van der Waals surface area contributed by atoms with Gasteiger partial charge in [-0.3, -0.25) is 9.59 Å². The maximum Gasteiger partial charge on any atom is 0.254 e. The van der Waals surface area contributed by atoms with Crippen molar-refractivity contribution < 1.29 is 14.0 Å². The molecular formula is C17H22FN3O2. The van der Waals surface area contributed by atoms with Gasteiger partial charge < -0.3 is 15.1 Å². The van der Waals surface area contributed by atoms with Crippen molar-refractivity contribution in [2.75, 3.05) is 32.7 Å². The van der Waals surface area contributed by atoms with Crippen molar-refractivity contribution in [3.63, 3.8) is 0 Å². The molecule has 2 fully saturated rings. The largest absolute Gasteiger partial charge is 0.339 e. The maximum atomic E-state index is 13.2. The van der Waals surface area contributed by atoms with Gasteiger partial charge in [0.15, 0.2) is 0 Å². The molecule has 1 N–H and O–H groups in total. The number of hydrogen-bond acceptors (Lipinski definition) is 3. The third kappa shape index (κ3) is 3.88. The van der Waals surface area contributed by atoms with Crippen molar-refractivity contribution in [3.8, 4) is 0 Å². The number of halogens is 1. The molecule has 2 aliphatic rings. The van der Waals surface area contributed by atoms with E-state index in [1.54, 1.807) is 11.0 Å². The molecule has 0 saturated carbocycles. The summed E-state index contributed by atoms with van der Waals surface area (Å²) in [5.41, 5.74) is 0.361. The van der Waals surface area contributed by atoms with E-state index in [4.69, 9.17) is 0 Å². The van der Waals surface area contributed by atoms with Crippen LogP contribution in [0.1, 0.15) is 29.6 Å². The van der Waals surface area contributed by atoms with Crippen LogP contribution in [0.15, 0.2) is 24.3 Å². The number of rotatable bonds is 3. The van der Waals surface area contributed by atoms with Crippen LogP contribution in [-0.2, 0) is 4.79 Å². The predicted molar refractivity (Wildman–Crippen MR) is 84.5 cm³/mol. The summed E-state index contributed by atoms with van der Waals surface area (Å²) in [6, 6.07) is 6.04. The molecule has 6 heteroatoms. The van der Waals surface area contributed by atoms with Gasteiger partial charge in [-0.2, -0.15) is 0 Å². The summed E-state index contributed by atoms with van der Waals surface area (Å²) in [6.07, 6.45) is 2.73. The van der Waals surface area contributed by atoms with Crippen LogP contribution in [0.5, 0.6) is 0 Å². The summed E-state index contributed by atoms with van der Waals surface area (Å²) in [7, 11) is 0. The Kier molecular flexibility index (Phi) is 4.91. The summed E-state index contributed by atoms with van der Waals surface area (Å²) in [5.74, 6) is -0.426. The second kappa shape index (κ2) is 7.08. The predicted octanol–water partition coefficient (Wildman–Crippen LogP) is 1.25. The zero-order chi connectivity index (χ0) is 16.2. The highest BCUT2D eigenvalue weighted by Gasteiger charge is 2.27. The number of carbonyl (C=O) groups is 2. The number of nitrogens with one attached hydrogen (secondary N) is 1. The van der Waals surface area contributed by atoms with Gasteiger partial charge in [0, 0.05) is 44.2 Å². The van der Waals surface area contributed by atoms with E-state index in [9.17, 15) is 14.0 Å². The van der Waals surface area contributed by atoms with Crippen LogP contribution in [0.4, 0.5) is 4.39 Å². The zero-order valence-electron chi connectivity index (χ0n) is 13.1. The average Bonchev–Trinajstić information content (AvgIpc) is 3.07. The fourth-order valence-corrected chi connectivity index (χ4v) is 3.23. The molecule has 0 aromatic heterocycles. The van der Waals surface area contributed by atoms with Gasteiger partial charge in [-0.05, 0) is 37.6 Å². The Balaban J connectivity index is 1.51. The van der Waals surface area contributed by atoms with Crippen molar-refractivity contribution in [2.45, 2.75) is 25.3 Å². The van der Waals surface area contributed by atoms with Gasteiger partial charge in [0.05, 0.1) is 0 Å².